The van der Waals surface area contributed by atoms with Crippen molar-refractivity contribution in [3.63, 3.8) is 0 Å². The van der Waals surface area contributed by atoms with Crippen LogP contribution in [0.4, 0.5) is 5.82 Å². The van der Waals surface area contributed by atoms with E-state index < -0.39 is 0 Å². The number of hydrogen-bond acceptors (Lipinski definition) is 2. The molecule has 0 radical (unpaired) electrons. The number of nitrogens with zero attached hydrogens (tertiary/aromatic N) is 1. The van der Waals surface area contributed by atoms with Crippen LogP contribution < -0.4 is 5.73 Å². The Morgan fingerprint density at radius 3 is 2.58 bits per heavy atom. The summed E-state index contributed by atoms with van der Waals surface area (Å²) in [6, 6.07) is 11.8. The average Bonchev–Trinajstić information content (AvgIpc) is 2.87. The fourth-order valence-electron chi connectivity index (χ4n) is 3.33. The van der Waals surface area contributed by atoms with E-state index in [4.69, 9.17) is 28.9 Å². The molecule has 0 atom stereocenters. The van der Waals surface area contributed by atoms with Gasteiger partial charge in [0.15, 0.2) is 0 Å². The van der Waals surface area contributed by atoms with Crippen molar-refractivity contribution in [3.05, 3.63) is 67.6 Å². The van der Waals surface area contributed by atoms with Gasteiger partial charge in [0, 0.05) is 32.1 Å². The molecule has 0 fully saturated rings. The first-order chi connectivity index (χ1) is 11.5. The Kier molecular flexibility index (Phi) is 3.83. The molecule has 0 bridgehead atoms. The molecule has 0 saturated heterocycles. The minimum Gasteiger partial charge on any atom is -0.383 e. The largest absolute Gasteiger partial charge is 0.383 e. The summed E-state index contributed by atoms with van der Waals surface area (Å²) in [5.74, 6) is 0.533. The van der Waals surface area contributed by atoms with E-state index in [1.54, 1.807) is 6.07 Å². The second-order valence-electron chi connectivity index (χ2n) is 5.93. The first-order valence-corrected chi connectivity index (χ1v) is 9.03. The highest BCUT2D eigenvalue weighted by atomic mass is 79.9. The van der Waals surface area contributed by atoms with Gasteiger partial charge < -0.3 is 5.73 Å². The molecule has 120 valence electrons. The van der Waals surface area contributed by atoms with Gasteiger partial charge in [0.05, 0.1) is 5.69 Å². The van der Waals surface area contributed by atoms with E-state index in [0.29, 0.717) is 15.9 Å². The minimum atomic E-state index is 0.533. The number of anilines is 1. The normalized spacial score (nSPS) is 12.2. The lowest BCUT2D eigenvalue weighted by atomic mass is 9.94. The van der Waals surface area contributed by atoms with E-state index in [1.807, 2.05) is 25.1 Å². The second-order valence-corrected chi connectivity index (χ2v) is 7.69. The number of rotatable bonds is 1. The molecule has 2 nitrogen and oxygen atoms in total. The zero-order valence-corrected chi connectivity index (χ0v) is 15.9. The molecule has 1 aliphatic rings. The molecule has 4 rings (SSSR count). The van der Waals surface area contributed by atoms with Gasteiger partial charge in [0.2, 0.25) is 0 Å². The van der Waals surface area contributed by atoms with Crippen LogP contribution in [0.2, 0.25) is 10.0 Å². The molecule has 0 saturated carbocycles. The van der Waals surface area contributed by atoms with Crippen molar-refractivity contribution >= 4 is 44.9 Å². The summed E-state index contributed by atoms with van der Waals surface area (Å²) in [5, 5.41) is 1.24. The third-order valence-electron chi connectivity index (χ3n) is 4.47. The van der Waals surface area contributed by atoms with Crippen molar-refractivity contribution in [1.29, 1.82) is 0 Å². The van der Waals surface area contributed by atoms with E-state index >= 15 is 0 Å². The van der Waals surface area contributed by atoms with Crippen molar-refractivity contribution in [2.45, 2.75) is 13.3 Å². The summed E-state index contributed by atoms with van der Waals surface area (Å²) in [7, 11) is 0. The Bertz CT molecular complexity index is 999. The Morgan fingerprint density at radius 2 is 1.83 bits per heavy atom. The van der Waals surface area contributed by atoms with E-state index in [-0.39, 0.29) is 0 Å². The van der Waals surface area contributed by atoms with Crippen LogP contribution in [0.15, 0.2) is 40.9 Å². The van der Waals surface area contributed by atoms with E-state index in [9.17, 15) is 0 Å². The summed E-state index contributed by atoms with van der Waals surface area (Å²) >= 11 is 16.1. The topological polar surface area (TPSA) is 38.9 Å². The number of benzene rings is 2. The molecule has 1 heterocycles. The van der Waals surface area contributed by atoms with Crippen LogP contribution in [-0.2, 0) is 6.42 Å². The third kappa shape index (κ3) is 2.43. The lowest BCUT2D eigenvalue weighted by Gasteiger charge is -2.15. The molecule has 2 N–H and O–H groups in total. The van der Waals surface area contributed by atoms with Crippen LogP contribution >= 0.6 is 39.1 Å². The van der Waals surface area contributed by atoms with Crippen LogP contribution in [0.25, 0.3) is 22.4 Å². The van der Waals surface area contributed by atoms with Gasteiger partial charge in [-0.3, -0.25) is 0 Å². The first kappa shape index (κ1) is 15.9. The highest BCUT2D eigenvalue weighted by Gasteiger charge is 2.27. The average molecular weight is 420 g/mol. The monoisotopic (exact) mass is 418 g/mol. The molecule has 3 aromatic rings. The smallest absolute Gasteiger partial charge is 0.127 e. The molecule has 2 aromatic carbocycles. The molecule has 24 heavy (non-hydrogen) atoms. The molecule has 0 unspecified atom stereocenters. The summed E-state index contributed by atoms with van der Waals surface area (Å²) in [6.07, 6.45) is 0.812. The molecule has 1 aliphatic carbocycles. The van der Waals surface area contributed by atoms with Crippen molar-refractivity contribution < 1.29 is 0 Å². The highest BCUT2D eigenvalue weighted by Crippen LogP contribution is 2.45. The zero-order chi connectivity index (χ0) is 17.0. The summed E-state index contributed by atoms with van der Waals surface area (Å²) < 4.78 is 1.06. The van der Waals surface area contributed by atoms with Crippen LogP contribution in [-0.4, -0.2) is 4.98 Å². The number of nitrogen functional groups attached to an aromatic ring is 1. The SMILES string of the molecule is Cc1c(N)nc2c(c1-c1ccc(Cl)cc1Cl)Cc1cc(Br)ccc1-2. The van der Waals surface area contributed by atoms with E-state index in [1.165, 1.54) is 11.1 Å². The van der Waals surface area contributed by atoms with E-state index in [0.717, 1.165) is 38.8 Å². The van der Waals surface area contributed by atoms with Crippen molar-refractivity contribution in [1.82, 2.24) is 4.98 Å². The number of hydrogen-bond donors (Lipinski definition) is 1. The fraction of sp³-hybridized carbons (Fsp3) is 0.105. The lowest BCUT2D eigenvalue weighted by Crippen LogP contribution is -2.02. The van der Waals surface area contributed by atoms with E-state index in [2.05, 4.69) is 33.0 Å². The summed E-state index contributed by atoms with van der Waals surface area (Å²) in [6.45, 7) is 1.99. The lowest BCUT2D eigenvalue weighted by molar-refractivity contribution is 1.20. The van der Waals surface area contributed by atoms with Crippen LogP contribution in [0.5, 0.6) is 0 Å². The quantitative estimate of drug-likeness (QED) is 0.394. The van der Waals surface area contributed by atoms with Gasteiger partial charge >= 0.3 is 0 Å². The molecule has 1 aromatic heterocycles. The highest BCUT2D eigenvalue weighted by molar-refractivity contribution is 9.10. The second kappa shape index (κ2) is 5.76. The Morgan fingerprint density at radius 1 is 1.08 bits per heavy atom. The predicted octanol–water partition coefficient (Wildman–Crippen LogP) is 6.28. The van der Waals surface area contributed by atoms with Crippen molar-refractivity contribution in [3.8, 4) is 22.4 Å². The standard InChI is InChI=1S/C19H13BrCl2N2/c1-9-17(14-5-3-12(21)8-16(14)22)15-7-10-6-11(20)2-4-13(10)18(15)24-19(9)23/h2-6,8H,7H2,1H3,(H2,23,24). The van der Waals surface area contributed by atoms with Crippen LogP contribution in [0.3, 0.4) is 0 Å². The van der Waals surface area contributed by atoms with Gasteiger partial charge in [0.1, 0.15) is 5.82 Å². The van der Waals surface area contributed by atoms with Crippen molar-refractivity contribution in [2.24, 2.45) is 0 Å². The predicted molar refractivity (Wildman–Crippen MR) is 105 cm³/mol. The fourth-order valence-corrected chi connectivity index (χ4v) is 4.24. The molecule has 0 amide bonds. The maximum absolute atomic E-state index is 6.47. The number of fused-ring (bicyclic) bond motifs is 3. The molecule has 0 spiro atoms. The summed E-state index contributed by atoms with van der Waals surface area (Å²) in [4.78, 5) is 4.65. The third-order valence-corrected chi connectivity index (χ3v) is 5.51. The van der Waals surface area contributed by atoms with Crippen LogP contribution in [0, 0.1) is 6.92 Å². The maximum Gasteiger partial charge on any atom is 0.127 e. The Balaban J connectivity index is 2.02. The Hall–Kier alpha value is -1.55. The van der Waals surface area contributed by atoms with Gasteiger partial charge in [-0.15, -0.1) is 0 Å². The van der Waals surface area contributed by atoms with Crippen molar-refractivity contribution in [2.75, 3.05) is 5.73 Å². The minimum absolute atomic E-state index is 0.533. The maximum atomic E-state index is 6.47. The number of nitrogens with two attached hydrogens (primary N) is 1. The van der Waals surface area contributed by atoms with Crippen LogP contribution in [0.1, 0.15) is 16.7 Å². The molecule has 0 aliphatic heterocycles. The van der Waals surface area contributed by atoms with Gasteiger partial charge in [-0.2, -0.15) is 0 Å². The number of aromatic nitrogens is 1. The number of halogens is 3. The van der Waals surface area contributed by atoms with Gasteiger partial charge in [-0.1, -0.05) is 51.3 Å². The molecular weight excluding hydrogens is 407 g/mol. The molecule has 5 heteroatoms. The number of pyridine rings is 1. The Labute approximate surface area is 158 Å². The van der Waals surface area contributed by atoms with Gasteiger partial charge in [-0.25, -0.2) is 4.98 Å². The zero-order valence-electron chi connectivity index (χ0n) is 12.8. The van der Waals surface area contributed by atoms with Gasteiger partial charge in [-0.05, 0) is 53.4 Å². The molecular formula is C19H13BrCl2N2. The van der Waals surface area contributed by atoms with Gasteiger partial charge in [0.25, 0.3) is 0 Å². The summed E-state index contributed by atoms with van der Waals surface area (Å²) in [5.41, 5.74) is 13.6. The first-order valence-electron chi connectivity index (χ1n) is 7.49.